The van der Waals surface area contributed by atoms with Crippen molar-refractivity contribution >= 4 is 77.6 Å². The summed E-state index contributed by atoms with van der Waals surface area (Å²) in [7, 11) is -1.75. The molecule has 0 unspecified atom stereocenters. The second kappa shape index (κ2) is 18.5. The summed E-state index contributed by atoms with van der Waals surface area (Å²) in [5.74, 6) is 1.51. The molecule has 0 aliphatic carbocycles. The number of hydrogen-bond donors (Lipinski definition) is 0. The molecule has 335 valence electrons. The van der Waals surface area contributed by atoms with Gasteiger partial charge in [-0.3, -0.25) is 4.98 Å². The Labute approximate surface area is 417 Å². The number of rotatable bonds is 7. The maximum Gasteiger partial charge on any atom is 0.114 e. The van der Waals surface area contributed by atoms with Gasteiger partial charge in [0.25, 0.3) is 0 Å². The van der Waals surface area contributed by atoms with E-state index in [1.165, 1.54) is 49.5 Å². The van der Waals surface area contributed by atoms with E-state index in [0.29, 0.717) is 23.1 Å². The zero-order chi connectivity index (χ0) is 48.4. The van der Waals surface area contributed by atoms with Gasteiger partial charge in [-0.1, -0.05) is 156 Å². The van der Waals surface area contributed by atoms with Gasteiger partial charge in [0, 0.05) is 52.3 Å². The molecule has 0 fully saturated rings. The van der Waals surface area contributed by atoms with E-state index in [-0.39, 0.29) is 20.1 Å². The molecule has 0 saturated carbocycles. The van der Waals surface area contributed by atoms with Crippen molar-refractivity contribution in [2.24, 2.45) is 0 Å². The molecule has 4 nitrogen and oxygen atoms in total. The van der Waals surface area contributed by atoms with E-state index in [1.54, 1.807) is 23.6 Å². The Bertz CT molecular complexity index is 3690. The van der Waals surface area contributed by atoms with Crippen molar-refractivity contribution in [3.8, 4) is 39.5 Å². The molecule has 4 heterocycles. The van der Waals surface area contributed by atoms with Crippen LogP contribution in [0.3, 0.4) is 0 Å². The molecule has 0 N–H and O–H groups in total. The van der Waals surface area contributed by atoms with Gasteiger partial charge in [-0.05, 0) is 92.2 Å². The third-order valence-electron chi connectivity index (χ3n) is 12.6. The number of aromatic nitrogens is 4. The maximum absolute atomic E-state index is 7.80. The van der Waals surface area contributed by atoms with Gasteiger partial charge < -0.3 is 9.55 Å². The Hall–Kier alpha value is -6.08. The molecule has 0 bridgehead atoms. The normalized spacial score (nSPS) is 12.7. The van der Waals surface area contributed by atoms with Gasteiger partial charge >= 0.3 is 0 Å². The van der Waals surface area contributed by atoms with E-state index in [4.69, 9.17) is 14.1 Å². The summed E-state index contributed by atoms with van der Waals surface area (Å²) < 4.78 is 27.0. The molecule has 7 aromatic carbocycles. The quantitative estimate of drug-likeness (QED) is 0.0907. The van der Waals surface area contributed by atoms with Gasteiger partial charge in [0.1, 0.15) is 4.83 Å². The number of imidazole rings is 1. The van der Waals surface area contributed by atoms with Crippen molar-refractivity contribution in [2.45, 2.75) is 72.9 Å². The minimum Gasteiger partial charge on any atom is -0.333 e. The Morgan fingerprint density at radius 2 is 1.40 bits per heavy atom. The fraction of sp³-hybridized carbons (Fsp3) is 0.183. The first-order valence-electron chi connectivity index (χ1n) is 24.3. The van der Waals surface area contributed by atoms with Crippen LogP contribution in [0.5, 0.6) is 0 Å². The van der Waals surface area contributed by atoms with Gasteiger partial charge in [0.05, 0.1) is 30.4 Å². The molecule has 7 heteroatoms. The molecule has 11 aromatic rings. The number of thiophene rings is 1. The van der Waals surface area contributed by atoms with Crippen molar-refractivity contribution < 1.29 is 24.2 Å². The van der Waals surface area contributed by atoms with Crippen molar-refractivity contribution in [1.82, 2.24) is 19.5 Å². The van der Waals surface area contributed by atoms with Crippen LogP contribution in [0.1, 0.15) is 65.9 Å². The number of para-hydroxylation sites is 2. The van der Waals surface area contributed by atoms with Crippen LogP contribution in [0.15, 0.2) is 152 Å². The third-order valence-corrected chi connectivity index (χ3v) is 15.7. The predicted octanol–water partition coefficient (Wildman–Crippen LogP) is 16.2. The largest absolute Gasteiger partial charge is 0.333 e. The standard InChI is InChI=1S/C44H34N3S.C16H20NSi.Ir/c1-26(2)35-24-31(28-13-6-5-7-14-28)25-36(27(3)4)41(35)47-39-20-11-10-19-38(39)45-43(47)34-18-12-17-33-37-23-30-22-21-29-15-8-9-16-32(29)40(30)46-44(37)48-42(33)34;1-12-6-8-14(9-7-12)15-10-13(2)16(11-17-15)18(3,4)5;/h5-17,19-27H,1-4H3;6-8,10-11H,1-5H3;/q2*-1;/i;2D3;. The van der Waals surface area contributed by atoms with Gasteiger partial charge in [-0.15, -0.1) is 53.6 Å². The van der Waals surface area contributed by atoms with Crippen LogP contribution in [0.25, 0.3) is 92.5 Å². The Kier molecular flexibility index (Phi) is 11.7. The summed E-state index contributed by atoms with van der Waals surface area (Å²) >= 11 is 1.75. The van der Waals surface area contributed by atoms with Crippen LogP contribution >= 0.6 is 11.3 Å². The molecular weight excluding hydrogens is 1030 g/mol. The van der Waals surface area contributed by atoms with Gasteiger partial charge in [-0.25, -0.2) is 4.98 Å². The molecule has 0 saturated heterocycles. The minimum atomic E-state index is -2.11. The fourth-order valence-electron chi connectivity index (χ4n) is 9.13. The number of pyridine rings is 2. The van der Waals surface area contributed by atoms with Crippen LogP contribution in [-0.4, -0.2) is 27.6 Å². The van der Waals surface area contributed by atoms with Crippen molar-refractivity contribution in [3.63, 3.8) is 0 Å². The molecule has 4 aromatic heterocycles. The van der Waals surface area contributed by atoms with Crippen LogP contribution in [0.4, 0.5) is 0 Å². The molecule has 0 aliphatic rings. The Morgan fingerprint density at radius 3 is 2.12 bits per heavy atom. The zero-order valence-corrected chi connectivity index (χ0v) is 43.3. The molecule has 0 amide bonds. The first-order valence-corrected chi connectivity index (χ1v) is 27.1. The van der Waals surface area contributed by atoms with E-state index < -0.39 is 14.9 Å². The first-order chi connectivity index (χ1) is 33.0. The van der Waals surface area contributed by atoms with Crippen molar-refractivity contribution in [2.75, 3.05) is 0 Å². The van der Waals surface area contributed by atoms with Crippen molar-refractivity contribution in [3.05, 3.63) is 186 Å². The Balaban J connectivity index is 0.000000234. The average molecular weight is 1090 g/mol. The van der Waals surface area contributed by atoms with E-state index in [0.717, 1.165) is 59.2 Å². The second-order valence-electron chi connectivity index (χ2n) is 19.0. The summed E-state index contributed by atoms with van der Waals surface area (Å²) in [5, 5.41) is 6.82. The summed E-state index contributed by atoms with van der Waals surface area (Å²) in [6, 6.07) is 57.9. The summed E-state index contributed by atoms with van der Waals surface area (Å²) in [6.07, 6.45) is 1.75. The van der Waals surface area contributed by atoms with Gasteiger partial charge in [0.15, 0.2) is 0 Å². The van der Waals surface area contributed by atoms with Crippen LogP contribution in [-0.2, 0) is 20.1 Å². The van der Waals surface area contributed by atoms with Crippen LogP contribution < -0.4 is 5.19 Å². The monoisotopic (exact) mass is 1090 g/mol. The number of fused-ring (bicyclic) bond motifs is 7. The molecule has 67 heavy (non-hydrogen) atoms. The predicted molar refractivity (Wildman–Crippen MR) is 286 cm³/mol. The summed E-state index contributed by atoms with van der Waals surface area (Å²) in [6.45, 7) is 15.5. The molecule has 0 atom stereocenters. The average Bonchev–Trinajstić information content (AvgIpc) is 3.91. The summed E-state index contributed by atoms with van der Waals surface area (Å²) in [4.78, 5) is 16.2. The van der Waals surface area contributed by atoms with Gasteiger partial charge in [-0.2, -0.15) is 11.3 Å². The topological polar surface area (TPSA) is 43.6 Å². The van der Waals surface area contributed by atoms with Gasteiger partial charge in [0.2, 0.25) is 0 Å². The van der Waals surface area contributed by atoms with Crippen LogP contribution in [0, 0.1) is 25.9 Å². The summed E-state index contributed by atoms with van der Waals surface area (Å²) in [5.41, 5.74) is 13.5. The molecule has 1 radical (unpaired) electrons. The van der Waals surface area contributed by atoms with E-state index >= 15 is 0 Å². The SMILES string of the molecule is CC(C)c1cc(-c2ccccc2)cc(C(C)C)c1-n1c(-c2[c-]ccc3c2sc2nc4c(ccc5ccccc54)cc23)nc2ccccc21.[2H]C([2H])([2H])c1cc(-c2[c-]cc(C)cc2)ncc1[Si](C)(C)C.[Ir]. The molecule has 11 rings (SSSR count). The number of benzene rings is 7. The molecular formula is C60H54IrN4SSi-2. The number of nitrogens with zero attached hydrogens (tertiary/aromatic N) is 4. The second-order valence-corrected chi connectivity index (χ2v) is 25.0. The molecule has 0 spiro atoms. The van der Waals surface area contributed by atoms with Crippen LogP contribution in [0.2, 0.25) is 19.6 Å². The Morgan fingerprint density at radius 1 is 0.687 bits per heavy atom. The fourth-order valence-corrected chi connectivity index (χ4v) is 11.6. The van der Waals surface area contributed by atoms with E-state index in [1.807, 2.05) is 25.1 Å². The molecule has 0 aliphatic heterocycles. The zero-order valence-electron chi connectivity index (χ0n) is 42.1. The first kappa shape index (κ1) is 42.3. The number of hydrogen-bond acceptors (Lipinski definition) is 4. The van der Waals surface area contributed by atoms with E-state index in [9.17, 15) is 0 Å². The minimum absolute atomic E-state index is 0. The number of aryl methyl sites for hydroxylation is 2. The van der Waals surface area contributed by atoms with Crippen molar-refractivity contribution in [1.29, 1.82) is 0 Å². The third kappa shape index (κ3) is 8.71. The van der Waals surface area contributed by atoms with E-state index in [2.05, 4.69) is 190 Å². The smallest absolute Gasteiger partial charge is 0.114 e. The maximum atomic E-state index is 7.80.